The van der Waals surface area contributed by atoms with Gasteiger partial charge in [0.1, 0.15) is 11.6 Å². The first kappa shape index (κ1) is 11.7. The average Bonchev–Trinajstić information content (AvgIpc) is 2.40. The van der Waals surface area contributed by atoms with E-state index in [9.17, 15) is 0 Å². The molecule has 1 rings (SSSR count). The van der Waals surface area contributed by atoms with Gasteiger partial charge in [0.15, 0.2) is 0 Å². The Morgan fingerprint density at radius 3 is 2.36 bits per heavy atom. The monoisotopic (exact) mass is 259 g/mol. The van der Waals surface area contributed by atoms with Crippen molar-refractivity contribution in [1.82, 2.24) is 14.8 Å². The fourth-order valence-corrected chi connectivity index (χ4v) is 2.35. The van der Waals surface area contributed by atoms with Crippen molar-refractivity contribution in [3.8, 4) is 0 Å². The van der Waals surface area contributed by atoms with Gasteiger partial charge in [0.05, 0.1) is 0 Å². The number of nitrogens with zero attached hydrogens (tertiary/aromatic N) is 3. The van der Waals surface area contributed by atoms with Gasteiger partial charge in [-0.25, -0.2) is 9.67 Å². The van der Waals surface area contributed by atoms with Gasteiger partial charge in [0, 0.05) is 11.9 Å². The highest BCUT2D eigenvalue weighted by atomic mass is 79.9. The van der Waals surface area contributed by atoms with Crippen LogP contribution in [0, 0.1) is 25.7 Å². The van der Waals surface area contributed by atoms with E-state index >= 15 is 0 Å². The lowest BCUT2D eigenvalue weighted by Gasteiger charge is -2.18. The molecule has 0 bridgehead atoms. The predicted octanol–water partition coefficient (Wildman–Crippen LogP) is 2.56. The number of halogens is 1. The molecule has 3 nitrogen and oxygen atoms in total. The van der Waals surface area contributed by atoms with Crippen LogP contribution in [0.15, 0.2) is 0 Å². The number of aryl methyl sites for hydroxylation is 2. The van der Waals surface area contributed by atoms with E-state index in [0.29, 0.717) is 11.8 Å². The maximum absolute atomic E-state index is 4.37. The minimum atomic E-state index is 0.620. The summed E-state index contributed by atoms with van der Waals surface area (Å²) in [6.07, 6.45) is 0. The van der Waals surface area contributed by atoms with Gasteiger partial charge < -0.3 is 0 Å². The zero-order valence-electron chi connectivity index (χ0n) is 9.29. The number of hydrogen-bond acceptors (Lipinski definition) is 2. The van der Waals surface area contributed by atoms with Crippen LogP contribution in [0.4, 0.5) is 0 Å². The first-order valence-corrected chi connectivity index (χ1v) is 6.10. The fraction of sp³-hybridized carbons (Fsp3) is 0.800. The zero-order valence-corrected chi connectivity index (χ0v) is 10.9. The molecule has 0 aliphatic carbocycles. The van der Waals surface area contributed by atoms with Gasteiger partial charge in [-0.3, -0.25) is 0 Å². The van der Waals surface area contributed by atoms with Crippen molar-refractivity contribution in [3.05, 3.63) is 11.6 Å². The van der Waals surface area contributed by atoms with Crippen LogP contribution in [-0.4, -0.2) is 20.1 Å². The molecule has 0 fully saturated rings. The molecule has 0 saturated carbocycles. The van der Waals surface area contributed by atoms with Gasteiger partial charge in [0.2, 0.25) is 0 Å². The molecule has 0 radical (unpaired) electrons. The predicted molar refractivity (Wildman–Crippen MR) is 61.6 cm³/mol. The maximum Gasteiger partial charge on any atom is 0.147 e. The molecule has 0 spiro atoms. The lowest BCUT2D eigenvalue weighted by Crippen LogP contribution is -2.19. The van der Waals surface area contributed by atoms with E-state index in [0.717, 1.165) is 23.5 Å². The second-order valence-corrected chi connectivity index (χ2v) is 4.69. The van der Waals surface area contributed by atoms with Gasteiger partial charge in [-0.05, 0) is 25.7 Å². The second kappa shape index (κ2) is 4.91. The van der Waals surface area contributed by atoms with E-state index in [1.807, 2.05) is 18.5 Å². The third-order valence-corrected chi connectivity index (χ3v) is 3.34. The minimum Gasteiger partial charge on any atom is -0.250 e. The Kier molecular flexibility index (Phi) is 4.11. The Bertz CT molecular complexity index is 294. The lowest BCUT2D eigenvalue weighted by atomic mass is 9.98. The number of rotatable bonds is 4. The molecule has 0 aliphatic heterocycles. The van der Waals surface area contributed by atoms with Crippen molar-refractivity contribution in [2.75, 3.05) is 5.33 Å². The molecule has 0 aliphatic rings. The topological polar surface area (TPSA) is 30.7 Å². The Labute approximate surface area is 94.0 Å². The molecule has 1 aromatic rings. The van der Waals surface area contributed by atoms with Crippen LogP contribution in [-0.2, 0) is 6.54 Å². The largest absolute Gasteiger partial charge is 0.250 e. The first-order chi connectivity index (χ1) is 6.54. The van der Waals surface area contributed by atoms with Gasteiger partial charge in [-0.1, -0.05) is 29.8 Å². The van der Waals surface area contributed by atoms with Crippen molar-refractivity contribution in [3.63, 3.8) is 0 Å². The summed E-state index contributed by atoms with van der Waals surface area (Å²) in [4.78, 5) is 4.29. The summed E-state index contributed by atoms with van der Waals surface area (Å²) >= 11 is 3.54. The van der Waals surface area contributed by atoms with Crippen LogP contribution < -0.4 is 0 Å². The summed E-state index contributed by atoms with van der Waals surface area (Å²) in [6.45, 7) is 9.37. The maximum atomic E-state index is 4.37. The van der Waals surface area contributed by atoms with E-state index in [4.69, 9.17) is 0 Å². The van der Waals surface area contributed by atoms with E-state index in [1.54, 1.807) is 0 Å². The van der Waals surface area contributed by atoms with Crippen molar-refractivity contribution in [2.24, 2.45) is 11.8 Å². The fourth-order valence-electron chi connectivity index (χ4n) is 1.39. The molecular formula is C10H18BrN3. The molecule has 0 saturated heterocycles. The molecule has 0 amide bonds. The first-order valence-electron chi connectivity index (χ1n) is 4.98. The Balaban J connectivity index is 2.71. The standard InChI is InChI=1S/C10H18BrN3/c1-7(2)10(5-11)6-14-9(4)12-8(3)13-14/h7,10H,5-6H2,1-4H3. The lowest BCUT2D eigenvalue weighted by molar-refractivity contribution is 0.352. The van der Waals surface area contributed by atoms with Gasteiger partial charge in [-0.2, -0.15) is 5.10 Å². The Hall–Kier alpha value is -0.380. The quantitative estimate of drug-likeness (QED) is 0.779. The van der Waals surface area contributed by atoms with Crippen LogP contribution in [0.5, 0.6) is 0 Å². The van der Waals surface area contributed by atoms with E-state index in [2.05, 4.69) is 39.9 Å². The average molecular weight is 260 g/mol. The van der Waals surface area contributed by atoms with Crippen molar-refractivity contribution >= 4 is 15.9 Å². The molecule has 14 heavy (non-hydrogen) atoms. The summed E-state index contributed by atoms with van der Waals surface area (Å²) in [5.41, 5.74) is 0. The summed E-state index contributed by atoms with van der Waals surface area (Å²) < 4.78 is 2.00. The van der Waals surface area contributed by atoms with Crippen molar-refractivity contribution in [1.29, 1.82) is 0 Å². The molecule has 80 valence electrons. The normalized spacial score (nSPS) is 13.6. The van der Waals surface area contributed by atoms with Crippen LogP contribution in [0.2, 0.25) is 0 Å². The van der Waals surface area contributed by atoms with Crippen molar-refractivity contribution in [2.45, 2.75) is 34.2 Å². The van der Waals surface area contributed by atoms with Gasteiger partial charge in [-0.15, -0.1) is 0 Å². The van der Waals surface area contributed by atoms with Crippen molar-refractivity contribution < 1.29 is 0 Å². The highest BCUT2D eigenvalue weighted by molar-refractivity contribution is 9.09. The summed E-state index contributed by atoms with van der Waals surface area (Å²) in [5, 5.41) is 5.38. The number of aromatic nitrogens is 3. The highest BCUT2D eigenvalue weighted by Crippen LogP contribution is 2.16. The molecule has 0 aromatic carbocycles. The SMILES string of the molecule is Cc1nc(C)n(CC(CBr)C(C)C)n1. The van der Waals surface area contributed by atoms with E-state index < -0.39 is 0 Å². The van der Waals surface area contributed by atoms with Crippen LogP contribution in [0.25, 0.3) is 0 Å². The number of alkyl halides is 1. The Morgan fingerprint density at radius 2 is 2.00 bits per heavy atom. The zero-order chi connectivity index (χ0) is 10.7. The van der Waals surface area contributed by atoms with E-state index in [1.165, 1.54) is 0 Å². The smallest absolute Gasteiger partial charge is 0.147 e. The van der Waals surface area contributed by atoms with Gasteiger partial charge >= 0.3 is 0 Å². The summed E-state index contributed by atoms with van der Waals surface area (Å²) in [5.74, 6) is 3.15. The second-order valence-electron chi connectivity index (χ2n) is 4.05. The van der Waals surface area contributed by atoms with Crippen LogP contribution in [0.1, 0.15) is 25.5 Å². The molecule has 1 atom stereocenters. The molecule has 1 unspecified atom stereocenters. The molecule has 4 heteroatoms. The molecule has 1 aromatic heterocycles. The third kappa shape index (κ3) is 2.80. The molecule has 0 N–H and O–H groups in total. The molecular weight excluding hydrogens is 242 g/mol. The summed E-state index contributed by atoms with van der Waals surface area (Å²) in [7, 11) is 0. The Morgan fingerprint density at radius 1 is 1.36 bits per heavy atom. The third-order valence-electron chi connectivity index (χ3n) is 2.51. The number of hydrogen-bond donors (Lipinski definition) is 0. The minimum absolute atomic E-state index is 0.620. The van der Waals surface area contributed by atoms with E-state index in [-0.39, 0.29) is 0 Å². The van der Waals surface area contributed by atoms with Crippen LogP contribution in [0.3, 0.4) is 0 Å². The van der Waals surface area contributed by atoms with Gasteiger partial charge in [0.25, 0.3) is 0 Å². The van der Waals surface area contributed by atoms with Crippen LogP contribution >= 0.6 is 15.9 Å². The highest BCUT2D eigenvalue weighted by Gasteiger charge is 2.14. The molecule has 1 heterocycles. The summed E-state index contributed by atoms with van der Waals surface area (Å²) in [6, 6.07) is 0.